The lowest BCUT2D eigenvalue weighted by Crippen LogP contribution is -2.37. The second-order valence-electron chi connectivity index (χ2n) is 4.90. The van der Waals surface area contributed by atoms with Crippen molar-refractivity contribution in [1.29, 1.82) is 0 Å². The van der Waals surface area contributed by atoms with Crippen molar-refractivity contribution in [3.63, 3.8) is 0 Å². The summed E-state index contributed by atoms with van der Waals surface area (Å²) in [6, 6.07) is 7.85. The summed E-state index contributed by atoms with van der Waals surface area (Å²) < 4.78 is 5.09. The summed E-state index contributed by atoms with van der Waals surface area (Å²) >= 11 is 0. The second-order valence-corrected chi connectivity index (χ2v) is 4.90. The van der Waals surface area contributed by atoms with E-state index in [-0.39, 0.29) is 12.1 Å². The van der Waals surface area contributed by atoms with E-state index in [1.165, 1.54) is 0 Å². The molecule has 2 heterocycles. The molecule has 5 heteroatoms. The van der Waals surface area contributed by atoms with Crippen molar-refractivity contribution in [3.05, 3.63) is 47.6 Å². The maximum atomic E-state index is 6.10. The van der Waals surface area contributed by atoms with E-state index in [4.69, 9.17) is 10.3 Å². The van der Waals surface area contributed by atoms with Gasteiger partial charge in [-0.15, -0.1) is 0 Å². The van der Waals surface area contributed by atoms with Crippen molar-refractivity contribution in [2.75, 3.05) is 7.05 Å². The van der Waals surface area contributed by atoms with Crippen molar-refractivity contribution < 1.29 is 4.52 Å². The number of pyridine rings is 1. The summed E-state index contributed by atoms with van der Waals surface area (Å²) in [7, 11) is 2.02. The number of hydrogen-bond donors (Lipinski definition) is 1. The maximum Gasteiger partial charge on any atom is 0.133 e. The Kier molecular flexibility index (Phi) is 4.29. The van der Waals surface area contributed by atoms with Gasteiger partial charge in [0.2, 0.25) is 0 Å². The highest BCUT2D eigenvalue weighted by atomic mass is 16.5. The molecule has 0 saturated carbocycles. The monoisotopic (exact) mass is 260 g/mol. The van der Waals surface area contributed by atoms with Crippen molar-refractivity contribution in [3.8, 4) is 0 Å². The molecule has 19 heavy (non-hydrogen) atoms. The van der Waals surface area contributed by atoms with Crippen LogP contribution in [0.15, 0.2) is 35.0 Å². The minimum atomic E-state index is -0.0205. The van der Waals surface area contributed by atoms with Gasteiger partial charge in [-0.3, -0.25) is 9.88 Å². The van der Waals surface area contributed by atoms with Crippen molar-refractivity contribution in [2.24, 2.45) is 5.73 Å². The van der Waals surface area contributed by atoms with E-state index >= 15 is 0 Å². The van der Waals surface area contributed by atoms with Crippen LogP contribution in [0.5, 0.6) is 0 Å². The molecule has 0 aliphatic carbocycles. The van der Waals surface area contributed by atoms with Gasteiger partial charge < -0.3 is 10.3 Å². The first kappa shape index (κ1) is 13.7. The molecule has 2 aromatic heterocycles. The molecule has 0 saturated heterocycles. The zero-order valence-corrected chi connectivity index (χ0v) is 11.6. The van der Waals surface area contributed by atoms with Crippen molar-refractivity contribution in [1.82, 2.24) is 15.0 Å². The Balaban J connectivity index is 2.15. The van der Waals surface area contributed by atoms with Gasteiger partial charge in [0, 0.05) is 24.8 Å². The number of aryl methyl sites for hydroxylation is 1. The van der Waals surface area contributed by atoms with Crippen LogP contribution in [-0.2, 0) is 6.54 Å². The molecule has 0 amide bonds. The van der Waals surface area contributed by atoms with Gasteiger partial charge in [-0.1, -0.05) is 11.2 Å². The molecule has 2 N–H and O–H groups in total. The Morgan fingerprint density at radius 2 is 2.21 bits per heavy atom. The van der Waals surface area contributed by atoms with Crippen LogP contribution in [0.1, 0.15) is 30.1 Å². The van der Waals surface area contributed by atoms with E-state index in [2.05, 4.69) is 15.0 Å². The second kappa shape index (κ2) is 5.95. The molecular formula is C14H20N4O. The normalized spacial score (nSPS) is 14.6. The molecular weight excluding hydrogens is 240 g/mol. The van der Waals surface area contributed by atoms with Gasteiger partial charge in [-0.25, -0.2) is 0 Å². The molecule has 2 rings (SSSR count). The molecule has 0 spiro atoms. The molecule has 2 atom stereocenters. The Morgan fingerprint density at radius 1 is 1.42 bits per heavy atom. The molecule has 2 aromatic rings. The highest BCUT2D eigenvalue weighted by Gasteiger charge is 2.23. The fourth-order valence-electron chi connectivity index (χ4n) is 2.29. The number of nitrogens with two attached hydrogens (primary N) is 1. The van der Waals surface area contributed by atoms with Crippen LogP contribution in [-0.4, -0.2) is 28.1 Å². The quantitative estimate of drug-likeness (QED) is 0.889. The Hall–Kier alpha value is -1.72. The van der Waals surface area contributed by atoms with Gasteiger partial charge in [-0.2, -0.15) is 0 Å². The third kappa shape index (κ3) is 3.39. The lowest BCUT2D eigenvalue weighted by atomic mass is 10.0. The summed E-state index contributed by atoms with van der Waals surface area (Å²) in [6.45, 7) is 4.56. The smallest absolute Gasteiger partial charge is 0.133 e. The van der Waals surface area contributed by atoms with E-state index in [0.29, 0.717) is 6.54 Å². The highest BCUT2D eigenvalue weighted by molar-refractivity contribution is 5.12. The van der Waals surface area contributed by atoms with Gasteiger partial charge in [-0.05, 0) is 33.0 Å². The minimum absolute atomic E-state index is 0.0205. The van der Waals surface area contributed by atoms with Crippen LogP contribution in [0, 0.1) is 6.92 Å². The fourth-order valence-corrected chi connectivity index (χ4v) is 2.29. The molecule has 102 valence electrons. The molecule has 0 aliphatic heterocycles. The van der Waals surface area contributed by atoms with E-state index in [1.807, 2.05) is 45.2 Å². The van der Waals surface area contributed by atoms with Crippen molar-refractivity contribution >= 4 is 0 Å². The van der Waals surface area contributed by atoms with Crippen LogP contribution >= 0.6 is 0 Å². The lowest BCUT2D eigenvalue weighted by Gasteiger charge is -2.29. The van der Waals surface area contributed by atoms with Crippen molar-refractivity contribution in [2.45, 2.75) is 32.5 Å². The summed E-state index contributed by atoms with van der Waals surface area (Å²) in [6.07, 6.45) is 1.79. The molecule has 0 fully saturated rings. The predicted octanol–water partition coefficient (Wildman–Crippen LogP) is 1.90. The van der Waals surface area contributed by atoms with Gasteiger partial charge in [0.1, 0.15) is 5.76 Å². The van der Waals surface area contributed by atoms with Crippen LogP contribution in [0.2, 0.25) is 0 Å². The third-order valence-corrected chi connectivity index (χ3v) is 3.05. The Morgan fingerprint density at radius 3 is 2.74 bits per heavy atom. The van der Waals surface area contributed by atoms with Crippen LogP contribution in [0.3, 0.4) is 0 Å². The lowest BCUT2D eigenvalue weighted by molar-refractivity contribution is 0.201. The van der Waals surface area contributed by atoms with Gasteiger partial charge in [0.25, 0.3) is 0 Å². The largest absolute Gasteiger partial charge is 0.361 e. The molecule has 2 unspecified atom stereocenters. The van der Waals surface area contributed by atoms with Crippen LogP contribution in [0.25, 0.3) is 0 Å². The average Bonchev–Trinajstić information content (AvgIpc) is 2.75. The molecule has 0 radical (unpaired) electrons. The highest BCUT2D eigenvalue weighted by Crippen LogP contribution is 2.21. The van der Waals surface area contributed by atoms with Gasteiger partial charge in [0.15, 0.2) is 0 Å². The zero-order chi connectivity index (χ0) is 13.8. The topological polar surface area (TPSA) is 68.2 Å². The SMILES string of the molecule is Cc1cc(CN(C)C(c2ccccn2)C(C)N)no1. The minimum Gasteiger partial charge on any atom is -0.361 e. The molecule has 5 nitrogen and oxygen atoms in total. The Bertz CT molecular complexity index is 509. The molecule has 0 aliphatic rings. The summed E-state index contributed by atoms with van der Waals surface area (Å²) in [5, 5.41) is 4.01. The maximum absolute atomic E-state index is 6.10. The van der Waals surface area contributed by atoms with E-state index in [1.54, 1.807) is 6.20 Å². The molecule has 0 aromatic carbocycles. The third-order valence-electron chi connectivity index (χ3n) is 3.05. The van der Waals surface area contributed by atoms with Crippen LogP contribution < -0.4 is 5.73 Å². The predicted molar refractivity (Wildman–Crippen MR) is 73.3 cm³/mol. The summed E-state index contributed by atoms with van der Waals surface area (Å²) in [4.78, 5) is 6.55. The first-order valence-electron chi connectivity index (χ1n) is 6.37. The zero-order valence-electron chi connectivity index (χ0n) is 11.6. The Labute approximate surface area is 113 Å². The standard InChI is InChI=1S/C14H20N4O/c1-10-8-12(17-19-10)9-18(3)14(11(2)15)13-6-4-5-7-16-13/h4-8,11,14H,9,15H2,1-3H3. The number of likely N-dealkylation sites (N-methyl/N-ethyl adjacent to an activating group) is 1. The summed E-state index contributed by atoms with van der Waals surface area (Å²) in [5.74, 6) is 0.818. The van der Waals surface area contributed by atoms with Gasteiger partial charge >= 0.3 is 0 Å². The first-order valence-corrected chi connectivity index (χ1v) is 6.37. The number of rotatable bonds is 5. The van der Waals surface area contributed by atoms with Crippen LogP contribution in [0.4, 0.5) is 0 Å². The average molecular weight is 260 g/mol. The van der Waals surface area contributed by atoms with E-state index in [0.717, 1.165) is 17.1 Å². The van der Waals surface area contributed by atoms with E-state index < -0.39 is 0 Å². The van der Waals surface area contributed by atoms with Gasteiger partial charge in [0.05, 0.1) is 17.4 Å². The van der Waals surface area contributed by atoms with E-state index in [9.17, 15) is 0 Å². The number of hydrogen-bond acceptors (Lipinski definition) is 5. The number of nitrogens with zero attached hydrogens (tertiary/aromatic N) is 3. The summed E-state index contributed by atoms with van der Waals surface area (Å²) in [5.41, 5.74) is 7.98. The number of aromatic nitrogens is 2. The first-order chi connectivity index (χ1) is 9.08. The fraction of sp³-hybridized carbons (Fsp3) is 0.429. The molecule has 0 bridgehead atoms.